The van der Waals surface area contributed by atoms with E-state index in [1.54, 1.807) is 7.11 Å². The van der Waals surface area contributed by atoms with Gasteiger partial charge in [0.25, 0.3) is 0 Å². The molecular weight excluding hydrogens is 314 g/mol. The molecule has 1 saturated heterocycles. The molecule has 25 heavy (non-hydrogen) atoms. The van der Waals surface area contributed by atoms with E-state index in [0.29, 0.717) is 6.54 Å². The molecule has 5 nitrogen and oxygen atoms in total. The van der Waals surface area contributed by atoms with E-state index in [9.17, 15) is 5.11 Å². The molecule has 0 bridgehead atoms. The molecule has 1 aliphatic heterocycles. The van der Waals surface area contributed by atoms with Crippen molar-refractivity contribution in [3.63, 3.8) is 0 Å². The van der Waals surface area contributed by atoms with Crippen LogP contribution in [0, 0.1) is 0 Å². The lowest BCUT2D eigenvalue weighted by molar-refractivity contribution is 0.172. The number of aliphatic hydroxyl groups excluding tert-OH is 1. The van der Waals surface area contributed by atoms with Crippen LogP contribution in [-0.4, -0.2) is 39.5 Å². The van der Waals surface area contributed by atoms with Crippen LogP contribution < -0.4 is 4.74 Å². The van der Waals surface area contributed by atoms with Crippen molar-refractivity contribution in [2.75, 3.05) is 13.7 Å². The first-order valence-corrected chi connectivity index (χ1v) is 9.17. The number of likely N-dealkylation sites (tertiary alicyclic amines) is 1. The summed E-state index contributed by atoms with van der Waals surface area (Å²) < 4.78 is 7.39. The van der Waals surface area contributed by atoms with Crippen molar-refractivity contribution in [3.8, 4) is 5.75 Å². The average molecular weight is 343 g/mol. The van der Waals surface area contributed by atoms with Crippen LogP contribution >= 0.6 is 0 Å². The van der Waals surface area contributed by atoms with Crippen molar-refractivity contribution in [1.82, 2.24) is 14.7 Å². The number of hydrogen-bond acceptors (Lipinski definition) is 4. The molecule has 0 saturated carbocycles. The molecule has 1 aromatic carbocycles. The summed E-state index contributed by atoms with van der Waals surface area (Å²) in [5, 5.41) is 15.0. The van der Waals surface area contributed by atoms with Crippen molar-refractivity contribution < 1.29 is 9.84 Å². The molecule has 1 aromatic heterocycles. The first kappa shape index (κ1) is 18.0. The van der Waals surface area contributed by atoms with Crippen LogP contribution in [0.25, 0.3) is 0 Å². The fourth-order valence-corrected chi connectivity index (χ4v) is 4.03. The second kappa shape index (κ2) is 7.58. The molecule has 0 spiro atoms. The fraction of sp³-hybridized carbons (Fsp3) is 0.550. The van der Waals surface area contributed by atoms with Crippen LogP contribution in [-0.2, 0) is 26.4 Å². The maximum atomic E-state index is 10.3. The number of nitrogens with zero attached hydrogens (tertiary/aromatic N) is 3. The van der Waals surface area contributed by atoms with Gasteiger partial charge in [-0.25, -0.2) is 0 Å². The quantitative estimate of drug-likeness (QED) is 0.876. The molecule has 2 unspecified atom stereocenters. The third-order valence-corrected chi connectivity index (χ3v) is 5.25. The van der Waals surface area contributed by atoms with Gasteiger partial charge in [-0.2, -0.15) is 5.10 Å². The second-order valence-electron chi connectivity index (χ2n) is 6.81. The lowest BCUT2D eigenvalue weighted by Gasteiger charge is -2.25. The van der Waals surface area contributed by atoms with Crippen molar-refractivity contribution in [2.45, 2.75) is 51.8 Å². The summed E-state index contributed by atoms with van der Waals surface area (Å²) >= 11 is 0. The molecule has 0 aliphatic carbocycles. The van der Waals surface area contributed by atoms with E-state index >= 15 is 0 Å². The Bertz CT molecular complexity index is 726. The number of aryl methyl sites for hydroxylation is 2. The van der Waals surface area contributed by atoms with Gasteiger partial charge in [0, 0.05) is 37.4 Å². The number of ether oxygens (including phenoxy) is 1. The molecule has 0 amide bonds. The predicted octanol–water partition coefficient (Wildman–Crippen LogP) is 2.86. The first-order valence-electron chi connectivity index (χ1n) is 9.17. The Hall–Kier alpha value is -1.85. The highest BCUT2D eigenvalue weighted by Gasteiger charge is 2.33. The summed E-state index contributed by atoms with van der Waals surface area (Å²) in [6.07, 6.45) is 2.38. The van der Waals surface area contributed by atoms with Crippen molar-refractivity contribution in [3.05, 3.63) is 46.8 Å². The minimum atomic E-state index is -0.289. The Morgan fingerprint density at radius 1 is 1.28 bits per heavy atom. The molecule has 0 radical (unpaired) electrons. The van der Waals surface area contributed by atoms with Gasteiger partial charge >= 0.3 is 0 Å². The van der Waals surface area contributed by atoms with Crippen LogP contribution in [0.5, 0.6) is 5.75 Å². The number of aliphatic hydroxyl groups is 1. The summed E-state index contributed by atoms with van der Waals surface area (Å²) in [5.74, 6) is 0.865. The van der Waals surface area contributed by atoms with E-state index in [4.69, 9.17) is 9.84 Å². The van der Waals surface area contributed by atoms with Gasteiger partial charge in [-0.3, -0.25) is 9.58 Å². The normalized spacial score (nSPS) is 21.0. The first-order chi connectivity index (χ1) is 12.1. The van der Waals surface area contributed by atoms with Gasteiger partial charge < -0.3 is 9.84 Å². The van der Waals surface area contributed by atoms with Crippen molar-refractivity contribution in [1.29, 1.82) is 0 Å². The number of aromatic nitrogens is 2. The smallest absolute Gasteiger partial charge is 0.119 e. The molecule has 136 valence electrons. The molecule has 3 rings (SSSR count). The molecule has 5 heteroatoms. The van der Waals surface area contributed by atoms with Crippen LogP contribution in [0.15, 0.2) is 24.3 Å². The van der Waals surface area contributed by atoms with E-state index in [1.165, 1.54) is 22.5 Å². The largest absolute Gasteiger partial charge is 0.497 e. The predicted molar refractivity (Wildman–Crippen MR) is 98.7 cm³/mol. The van der Waals surface area contributed by atoms with Crippen molar-refractivity contribution >= 4 is 0 Å². The highest BCUT2D eigenvalue weighted by atomic mass is 16.5. The van der Waals surface area contributed by atoms with Gasteiger partial charge in [0.15, 0.2) is 0 Å². The molecule has 1 aliphatic rings. The highest BCUT2D eigenvalue weighted by molar-refractivity contribution is 5.32. The van der Waals surface area contributed by atoms with E-state index in [-0.39, 0.29) is 12.1 Å². The van der Waals surface area contributed by atoms with Gasteiger partial charge in [-0.05, 0) is 37.0 Å². The molecule has 2 aromatic rings. The third kappa shape index (κ3) is 3.58. The zero-order chi connectivity index (χ0) is 18.0. The number of benzene rings is 1. The zero-order valence-electron chi connectivity index (χ0n) is 15.7. The molecule has 1 N–H and O–H groups in total. The summed E-state index contributed by atoms with van der Waals surface area (Å²) in [4.78, 5) is 2.38. The van der Waals surface area contributed by atoms with E-state index in [0.717, 1.165) is 31.6 Å². The summed E-state index contributed by atoms with van der Waals surface area (Å²) in [7, 11) is 3.72. The Morgan fingerprint density at radius 2 is 2.08 bits per heavy atom. The fourth-order valence-electron chi connectivity index (χ4n) is 4.03. The lowest BCUT2D eigenvalue weighted by atomic mass is 10.0. The van der Waals surface area contributed by atoms with Crippen molar-refractivity contribution in [2.24, 2.45) is 7.05 Å². The number of β-amino-alcohol motifs (C(OH)–C–C–N with tert-alkyl or cyclic N) is 1. The molecular formula is C20H29N3O2. The van der Waals surface area contributed by atoms with Crippen LogP contribution in [0.1, 0.15) is 48.8 Å². The number of rotatable bonds is 6. The number of hydrogen-bond donors (Lipinski definition) is 1. The summed E-state index contributed by atoms with van der Waals surface area (Å²) in [6.45, 7) is 5.87. The highest BCUT2D eigenvalue weighted by Crippen LogP contribution is 2.35. The Kier molecular flexibility index (Phi) is 5.45. The maximum Gasteiger partial charge on any atom is 0.119 e. The SMILES string of the molecule is CCc1nn(C)c(CC)c1CN1CC(O)CC1c1cccc(OC)c1. The Morgan fingerprint density at radius 3 is 2.76 bits per heavy atom. The second-order valence-corrected chi connectivity index (χ2v) is 6.81. The minimum Gasteiger partial charge on any atom is -0.497 e. The average Bonchev–Trinajstić information content (AvgIpc) is 3.14. The zero-order valence-corrected chi connectivity index (χ0v) is 15.7. The van der Waals surface area contributed by atoms with Crippen LogP contribution in [0.4, 0.5) is 0 Å². The number of methoxy groups -OCH3 is 1. The summed E-state index contributed by atoms with van der Waals surface area (Å²) in [5.41, 5.74) is 5.00. The van der Waals surface area contributed by atoms with E-state index in [1.807, 2.05) is 23.9 Å². The lowest BCUT2D eigenvalue weighted by Crippen LogP contribution is -2.25. The topological polar surface area (TPSA) is 50.5 Å². The molecule has 2 heterocycles. The maximum absolute atomic E-state index is 10.3. The van der Waals surface area contributed by atoms with Gasteiger partial charge in [0.1, 0.15) is 5.75 Å². The standard InChI is InChI=1S/C20H29N3O2/c1-5-18-17(19(6-2)22(3)21-18)13-23-12-15(24)11-20(23)14-8-7-9-16(10-14)25-4/h7-10,15,20,24H,5-6,11-13H2,1-4H3. The van der Waals surface area contributed by atoms with Crippen LogP contribution in [0.2, 0.25) is 0 Å². The van der Waals surface area contributed by atoms with Gasteiger partial charge in [0.05, 0.1) is 18.9 Å². The van der Waals surface area contributed by atoms with Crippen LogP contribution in [0.3, 0.4) is 0 Å². The van der Waals surface area contributed by atoms with E-state index < -0.39 is 0 Å². The monoisotopic (exact) mass is 343 g/mol. The van der Waals surface area contributed by atoms with Gasteiger partial charge in [-0.1, -0.05) is 26.0 Å². The molecule has 1 fully saturated rings. The summed E-state index contributed by atoms with van der Waals surface area (Å²) in [6, 6.07) is 8.41. The Balaban J connectivity index is 1.90. The molecule has 2 atom stereocenters. The third-order valence-electron chi connectivity index (χ3n) is 5.25. The Labute approximate surface area is 150 Å². The van der Waals surface area contributed by atoms with Gasteiger partial charge in [0.2, 0.25) is 0 Å². The van der Waals surface area contributed by atoms with Gasteiger partial charge in [-0.15, -0.1) is 0 Å². The van der Waals surface area contributed by atoms with E-state index in [2.05, 4.69) is 30.9 Å². The minimum absolute atomic E-state index is 0.208.